The van der Waals surface area contributed by atoms with Crippen molar-refractivity contribution in [2.24, 2.45) is 5.92 Å². The predicted octanol–water partition coefficient (Wildman–Crippen LogP) is 1.89. The minimum absolute atomic E-state index is 0.683. The fourth-order valence-electron chi connectivity index (χ4n) is 1.61. The van der Waals surface area contributed by atoms with Crippen LogP contribution in [0.5, 0.6) is 5.75 Å². The van der Waals surface area contributed by atoms with Gasteiger partial charge in [0.2, 0.25) is 0 Å². The largest absolute Gasteiger partial charge is 0.493 e. The number of hydrogen-bond acceptors (Lipinski definition) is 4. The van der Waals surface area contributed by atoms with Crippen LogP contribution < -0.4 is 10.1 Å². The number of thiazole rings is 1. The molecule has 1 saturated heterocycles. The molecule has 0 aliphatic carbocycles. The van der Waals surface area contributed by atoms with Crippen molar-refractivity contribution in [1.82, 2.24) is 10.3 Å². The summed E-state index contributed by atoms with van der Waals surface area (Å²) in [6, 6.07) is 6.08. The van der Waals surface area contributed by atoms with Crippen molar-refractivity contribution >= 4 is 21.6 Å². The van der Waals surface area contributed by atoms with Crippen molar-refractivity contribution < 1.29 is 4.74 Å². The molecule has 2 heterocycles. The normalized spacial score (nSPS) is 16.5. The van der Waals surface area contributed by atoms with E-state index in [0.29, 0.717) is 5.92 Å². The van der Waals surface area contributed by atoms with Crippen LogP contribution in [-0.4, -0.2) is 24.7 Å². The molecule has 15 heavy (non-hydrogen) atoms. The molecule has 4 heteroatoms. The fraction of sp³-hybridized carbons (Fsp3) is 0.364. The Kier molecular flexibility index (Phi) is 2.31. The van der Waals surface area contributed by atoms with Crippen LogP contribution in [0, 0.1) is 5.92 Å². The molecule has 0 saturated carbocycles. The number of nitrogens with one attached hydrogen (secondary N) is 1. The van der Waals surface area contributed by atoms with Crippen LogP contribution >= 0.6 is 11.3 Å². The van der Waals surface area contributed by atoms with Crippen LogP contribution in [0.15, 0.2) is 23.7 Å². The Morgan fingerprint density at radius 3 is 3.20 bits per heavy atom. The number of fused-ring (bicyclic) bond motifs is 1. The molecule has 0 spiro atoms. The first-order chi connectivity index (χ1) is 7.42. The topological polar surface area (TPSA) is 34.1 Å². The second-order valence-electron chi connectivity index (χ2n) is 3.82. The third-order valence-corrected chi connectivity index (χ3v) is 3.45. The monoisotopic (exact) mass is 220 g/mol. The van der Waals surface area contributed by atoms with Crippen LogP contribution in [-0.2, 0) is 0 Å². The highest BCUT2D eigenvalue weighted by Crippen LogP contribution is 2.23. The third-order valence-electron chi connectivity index (χ3n) is 2.65. The summed E-state index contributed by atoms with van der Waals surface area (Å²) >= 11 is 1.65. The van der Waals surface area contributed by atoms with Gasteiger partial charge in [0.05, 0.1) is 22.3 Å². The van der Waals surface area contributed by atoms with Crippen LogP contribution in [0.1, 0.15) is 0 Å². The molecule has 0 bridgehead atoms. The van der Waals surface area contributed by atoms with Gasteiger partial charge in [-0.3, -0.25) is 0 Å². The number of aromatic nitrogens is 1. The highest BCUT2D eigenvalue weighted by molar-refractivity contribution is 7.16. The standard InChI is InChI=1S/C11H12N2OS/c1-2-10-11(15-7-13-10)3-9(1)14-6-8-4-12-5-8/h1-3,7-8,12H,4-6H2. The van der Waals surface area contributed by atoms with Crippen LogP contribution in [0.4, 0.5) is 0 Å². The van der Waals surface area contributed by atoms with Gasteiger partial charge in [0.25, 0.3) is 0 Å². The summed E-state index contributed by atoms with van der Waals surface area (Å²) in [6.07, 6.45) is 0. The summed E-state index contributed by atoms with van der Waals surface area (Å²) in [5, 5.41) is 3.24. The first-order valence-corrected chi connectivity index (χ1v) is 5.96. The average molecular weight is 220 g/mol. The maximum absolute atomic E-state index is 5.73. The highest BCUT2D eigenvalue weighted by atomic mass is 32.1. The van der Waals surface area contributed by atoms with E-state index in [2.05, 4.69) is 16.4 Å². The van der Waals surface area contributed by atoms with E-state index in [1.165, 1.54) is 4.70 Å². The lowest BCUT2D eigenvalue weighted by molar-refractivity contribution is 0.199. The van der Waals surface area contributed by atoms with Gasteiger partial charge in [0.1, 0.15) is 5.75 Å². The number of rotatable bonds is 3. The van der Waals surface area contributed by atoms with Crippen LogP contribution in [0.3, 0.4) is 0 Å². The maximum atomic E-state index is 5.73. The third kappa shape index (κ3) is 1.82. The van der Waals surface area contributed by atoms with Crippen molar-refractivity contribution in [3.63, 3.8) is 0 Å². The van der Waals surface area contributed by atoms with E-state index >= 15 is 0 Å². The van der Waals surface area contributed by atoms with Crippen LogP contribution in [0.2, 0.25) is 0 Å². The SMILES string of the molecule is c1nc2ccc(OCC3CNC3)cc2s1. The molecule has 0 unspecified atom stereocenters. The maximum Gasteiger partial charge on any atom is 0.120 e. The van der Waals surface area contributed by atoms with Gasteiger partial charge in [-0.2, -0.15) is 0 Å². The van der Waals surface area contributed by atoms with Gasteiger partial charge in [-0.15, -0.1) is 11.3 Å². The zero-order valence-corrected chi connectivity index (χ0v) is 9.09. The molecule has 1 N–H and O–H groups in total. The molecule has 1 aromatic carbocycles. The second-order valence-corrected chi connectivity index (χ2v) is 4.70. The zero-order valence-electron chi connectivity index (χ0n) is 8.27. The van der Waals surface area contributed by atoms with E-state index in [0.717, 1.165) is 31.0 Å². The summed E-state index contributed by atoms with van der Waals surface area (Å²) in [5.74, 6) is 1.64. The minimum Gasteiger partial charge on any atom is -0.493 e. The summed E-state index contributed by atoms with van der Waals surface area (Å²) in [4.78, 5) is 4.24. The molecule has 1 fully saturated rings. The Balaban J connectivity index is 1.72. The van der Waals surface area contributed by atoms with Gasteiger partial charge in [-0.25, -0.2) is 4.98 Å². The van der Waals surface area contributed by atoms with E-state index in [1.807, 2.05) is 17.6 Å². The molecule has 1 aliphatic rings. The van der Waals surface area contributed by atoms with E-state index in [1.54, 1.807) is 11.3 Å². The number of benzene rings is 1. The minimum atomic E-state index is 0.683. The molecule has 3 nitrogen and oxygen atoms in total. The molecule has 2 aromatic rings. The lowest BCUT2D eigenvalue weighted by Crippen LogP contribution is -2.45. The van der Waals surface area contributed by atoms with E-state index in [-0.39, 0.29) is 0 Å². The number of hydrogen-bond donors (Lipinski definition) is 1. The summed E-state index contributed by atoms with van der Waals surface area (Å²) in [7, 11) is 0. The molecular formula is C11H12N2OS. The Hall–Kier alpha value is -1.13. The van der Waals surface area contributed by atoms with Gasteiger partial charge in [-0.05, 0) is 18.2 Å². The van der Waals surface area contributed by atoms with Gasteiger partial charge in [-0.1, -0.05) is 0 Å². The molecule has 0 atom stereocenters. The second kappa shape index (κ2) is 3.79. The number of ether oxygens (including phenoxy) is 1. The zero-order chi connectivity index (χ0) is 10.1. The van der Waals surface area contributed by atoms with E-state index < -0.39 is 0 Å². The first kappa shape index (κ1) is 9.12. The summed E-state index contributed by atoms with van der Waals surface area (Å²) in [6.45, 7) is 2.99. The van der Waals surface area contributed by atoms with Gasteiger partial charge < -0.3 is 10.1 Å². The Morgan fingerprint density at radius 2 is 2.40 bits per heavy atom. The van der Waals surface area contributed by atoms with Crippen molar-refractivity contribution in [2.45, 2.75) is 0 Å². The smallest absolute Gasteiger partial charge is 0.120 e. The highest BCUT2D eigenvalue weighted by Gasteiger charge is 2.17. The predicted molar refractivity (Wildman–Crippen MR) is 61.5 cm³/mol. The van der Waals surface area contributed by atoms with Gasteiger partial charge in [0.15, 0.2) is 0 Å². The summed E-state index contributed by atoms with van der Waals surface area (Å²) < 4.78 is 6.92. The van der Waals surface area contributed by atoms with Crippen LogP contribution in [0.25, 0.3) is 10.2 Å². The average Bonchev–Trinajstić information content (AvgIpc) is 2.62. The molecular weight excluding hydrogens is 208 g/mol. The van der Waals surface area contributed by atoms with Crippen molar-refractivity contribution in [2.75, 3.05) is 19.7 Å². The Labute approximate surface area is 92.1 Å². The quantitative estimate of drug-likeness (QED) is 0.857. The fourth-order valence-corrected chi connectivity index (χ4v) is 2.31. The molecule has 1 aromatic heterocycles. The molecule has 78 valence electrons. The Bertz CT molecular complexity index is 464. The lowest BCUT2D eigenvalue weighted by Gasteiger charge is -2.26. The van der Waals surface area contributed by atoms with Crippen molar-refractivity contribution in [3.05, 3.63) is 23.7 Å². The van der Waals surface area contributed by atoms with Crippen molar-refractivity contribution in [1.29, 1.82) is 0 Å². The summed E-state index contributed by atoms with van der Waals surface area (Å²) in [5.41, 5.74) is 2.92. The lowest BCUT2D eigenvalue weighted by atomic mass is 10.1. The van der Waals surface area contributed by atoms with E-state index in [9.17, 15) is 0 Å². The molecule has 0 radical (unpaired) electrons. The molecule has 3 rings (SSSR count). The molecule has 0 amide bonds. The first-order valence-electron chi connectivity index (χ1n) is 5.08. The number of nitrogens with zero attached hydrogens (tertiary/aromatic N) is 1. The van der Waals surface area contributed by atoms with Crippen molar-refractivity contribution in [3.8, 4) is 5.75 Å². The van der Waals surface area contributed by atoms with Gasteiger partial charge >= 0.3 is 0 Å². The Morgan fingerprint density at radius 1 is 1.47 bits per heavy atom. The van der Waals surface area contributed by atoms with Gasteiger partial charge in [0, 0.05) is 19.0 Å². The van der Waals surface area contributed by atoms with E-state index in [4.69, 9.17) is 4.74 Å². The molecule has 1 aliphatic heterocycles.